The molecule has 0 heterocycles. The van der Waals surface area contributed by atoms with Gasteiger partial charge in [0.25, 0.3) is 0 Å². The molecule has 0 aliphatic carbocycles. The number of nitriles is 1. The van der Waals surface area contributed by atoms with Crippen LogP contribution in [0.25, 0.3) is 0 Å². The molecule has 1 rings (SSSR count). The highest BCUT2D eigenvalue weighted by atomic mass is 79.9. The molecular formula is C14H18BrN3O. The van der Waals surface area contributed by atoms with Crippen LogP contribution >= 0.6 is 15.9 Å². The van der Waals surface area contributed by atoms with E-state index in [1.165, 1.54) is 0 Å². The third-order valence-corrected chi connectivity index (χ3v) is 3.27. The molecule has 0 bridgehead atoms. The first-order chi connectivity index (χ1) is 8.99. The summed E-state index contributed by atoms with van der Waals surface area (Å²) < 4.78 is 0.746. The molecule has 0 aliphatic rings. The highest BCUT2D eigenvalue weighted by molar-refractivity contribution is 9.10. The quantitative estimate of drug-likeness (QED) is 0.906. The van der Waals surface area contributed by atoms with Crippen molar-refractivity contribution < 1.29 is 4.79 Å². The zero-order valence-corrected chi connectivity index (χ0v) is 13.0. The zero-order chi connectivity index (χ0) is 14.4. The van der Waals surface area contributed by atoms with E-state index in [9.17, 15) is 10.1 Å². The third kappa shape index (κ3) is 4.25. The predicted molar refractivity (Wildman–Crippen MR) is 80.0 cm³/mol. The molecular weight excluding hydrogens is 306 g/mol. The van der Waals surface area contributed by atoms with Crippen molar-refractivity contribution in [3.8, 4) is 6.07 Å². The van der Waals surface area contributed by atoms with Gasteiger partial charge in [0.2, 0.25) is 5.91 Å². The van der Waals surface area contributed by atoms with Crippen molar-refractivity contribution in [1.29, 1.82) is 5.26 Å². The Labute approximate surface area is 122 Å². The lowest BCUT2D eigenvalue weighted by Gasteiger charge is -2.24. The normalized spacial score (nSPS) is 10.1. The Morgan fingerprint density at radius 1 is 1.53 bits per heavy atom. The highest BCUT2D eigenvalue weighted by Gasteiger charge is 2.15. The van der Waals surface area contributed by atoms with Crippen LogP contribution in [0.15, 0.2) is 22.7 Å². The molecule has 0 radical (unpaired) electrons. The molecule has 0 spiro atoms. The van der Waals surface area contributed by atoms with E-state index in [0.717, 1.165) is 10.2 Å². The van der Waals surface area contributed by atoms with E-state index in [2.05, 4.69) is 27.3 Å². The largest absolute Gasteiger partial charge is 0.361 e. The van der Waals surface area contributed by atoms with E-state index in [1.54, 1.807) is 0 Å². The van der Waals surface area contributed by atoms with Gasteiger partial charge < -0.3 is 10.2 Å². The minimum atomic E-state index is -0.0410. The van der Waals surface area contributed by atoms with Gasteiger partial charge in [-0.3, -0.25) is 4.79 Å². The molecule has 1 amide bonds. The van der Waals surface area contributed by atoms with Crippen molar-refractivity contribution in [2.45, 2.75) is 26.8 Å². The zero-order valence-electron chi connectivity index (χ0n) is 11.4. The van der Waals surface area contributed by atoms with Gasteiger partial charge in [-0.05, 0) is 48.8 Å². The molecule has 19 heavy (non-hydrogen) atoms. The van der Waals surface area contributed by atoms with E-state index in [0.29, 0.717) is 12.1 Å². The summed E-state index contributed by atoms with van der Waals surface area (Å²) in [6.07, 6.45) is 0. The third-order valence-electron chi connectivity index (χ3n) is 2.61. The van der Waals surface area contributed by atoms with Gasteiger partial charge in [0.1, 0.15) is 6.07 Å². The van der Waals surface area contributed by atoms with Gasteiger partial charge in [-0.25, -0.2) is 0 Å². The number of nitrogens with one attached hydrogen (secondary N) is 1. The summed E-state index contributed by atoms with van der Waals surface area (Å²) in [7, 11) is 0. The summed E-state index contributed by atoms with van der Waals surface area (Å²) in [6, 6.07) is 7.83. The summed E-state index contributed by atoms with van der Waals surface area (Å²) in [5.41, 5.74) is 1.33. The number of amides is 1. The maximum atomic E-state index is 11.8. The van der Waals surface area contributed by atoms with Crippen LogP contribution in [-0.4, -0.2) is 25.0 Å². The molecule has 1 aromatic rings. The van der Waals surface area contributed by atoms with Crippen LogP contribution in [0.4, 0.5) is 5.69 Å². The van der Waals surface area contributed by atoms with E-state index in [4.69, 9.17) is 0 Å². The standard InChI is InChI=1S/C14H18BrN3O/c1-4-18(9-14(19)17-10(2)3)13-7-5-6-12(15)11(13)8-16/h5-7,10H,4,9H2,1-3H3,(H,17,19). The minimum absolute atomic E-state index is 0.0410. The van der Waals surface area contributed by atoms with Gasteiger partial charge in [0, 0.05) is 17.1 Å². The van der Waals surface area contributed by atoms with Crippen molar-refractivity contribution in [3.05, 3.63) is 28.2 Å². The molecule has 5 heteroatoms. The minimum Gasteiger partial charge on any atom is -0.361 e. The van der Waals surface area contributed by atoms with Gasteiger partial charge in [0.05, 0.1) is 17.8 Å². The predicted octanol–water partition coefficient (Wildman–Crippen LogP) is 2.67. The molecule has 0 saturated heterocycles. The summed E-state index contributed by atoms with van der Waals surface area (Å²) >= 11 is 3.36. The smallest absolute Gasteiger partial charge is 0.239 e. The molecule has 0 saturated carbocycles. The van der Waals surface area contributed by atoms with Crippen molar-refractivity contribution in [3.63, 3.8) is 0 Å². The first-order valence-corrected chi connectivity index (χ1v) is 7.01. The Kier molecular flexibility index (Phi) is 5.84. The summed E-state index contributed by atoms with van der Waals surface area (Å²) in [5.74, 6) is -0.0410. The topological polar surface area (TPSA) is 56.1 Å². The van der Waals surface area contributed by atoms with Crippen LogP contribution in [0.2, 0.25) is 0 Å². The number of hydrogen-bond acceptors (Lipinski definition) is 3. The summed E-state index contributed by atoms with van der Waals surface area (Å²) in [4.78, 5) is 13.7. The average molecular weight is 324 g/mol. The number of likely N-dealkylation sites (N-methyl/N-ethyl adjacent to an activating group) is 1. The Balaban J connectivity index is 2.95. The lowest BCUT2D eigenvalue weighted by Crippen LogP contribution is -2.40. The molecule has 1 aromatic carbocycles. The van der Waals surface area contributed by atoms with E-state index in [1.807, 2.05) is 43.9 Å². The molecule has 0 atom stereocenters. The van der Waals surface area contributed by atoms with Crippen molar-refractivity contribution in [2.24, 2.45) is 0 Å². The molecule has 1 N–H and O–H groups in total. The Hall–Kier alpha value is -1.54. The summed E-state index contributed by atoms with van der Waals surface area (Å²) in [6.45, 7) is 6.73. The van der Waals surface area contributed by atoms with Crippen LogP contribution in [0.5, 0.6) is 0 Å². The van der Waals surface area contributed by atoms with Crippen molar-refractivity contribution in [1.82, 2.24) is 5.32 Å². The lowest BCUT2D eigenvalue weighted by molar-refractivity contribution is -0.120. The fraction of sp³-hybridized carbons (Fsp3) is 0.429. The molecule has 0 fully saturated rings. The second-order valence-corrected chi connectivity index (χ2v) is 5.34. The van der Waals surface area contributed by atoms with E-state index in [-0.39, 0.29) is 18.5 Å². The van der Waals surface area contributed by atoms with E-state index < -0.39 is 0 Å². The van der Waals surface area contributed by atoms with Gasteiger partial charge in [-0.2, -0.15) is 5.26 Å². The number of nitrogens with zero attached hydrogens (tertiary/aromatic N) is 2. The van der Waals surface area contributed by atoms with E-state index >= 15 is 0 Å². The Morgan fingerprint density at radius 3 is 2.74 bits per heavy atom. The number of hydrogen-bond donors (Lipinski definition) is 1. The maximum absolute atomic E-state index is 11.8. The number of anilines is 1. The first-order valence-electron chi connectivity index (χ1n) is 6.22. The second kappa shape index (κ2) is 7.15. The van der Waals surface area contributed by atoms with Crippen LogP contribution < -0.4 is 10.2 Å². The van der Waals surface area contributed by atoms with Gasteiger partial charge in [-0.15, -0.1) is 0 Å². The molecule has 0 unspecified atom stereocenters. The molecule has 4 nitrogen and oxygen atoms in total. The van der Waals surface area contributed by atoms with Crippen LogP contribution in [0.3, 0.4) is 0 Å². The van der Waals surface area contributed by atoms with Crippen LogP contribution in [0.1, 0.15) is 26.3 Å². The van der Waals surface area contributed by atoms with Crippen LogP contribution in [0, 0.1) is 11.3 Å². The molecule has 102 valence electrons. The van der Waals surface area contributed by atoms with Crippen molar-refractivity contribution >= 4 is 27.5 Å². The highest BCUT2D eigenvalue weighted by Crippen LogP contribution is 2.26. The number of halogens is 1. The maximum Gasteiger partial charge on any atom is 0.239 e. The van der Waals surface area contributed by atoms with Gasteiger partial charge in [-0.1, -0.05) is 6.07 Å². The first kappa shape index (κ1) is 15.5. The SMILES string of the molecule is CCN(CC(=O)NC(C)C)c1cccc(Br)c1C#N. The number of carbonyl (C=O) groups excluding carboxylic acids is 1. The van der Waals surface area contributed by atoms with Gasteiger partial charge in [0.15, 0.2) is 0 Å². The molecule has 0 aromatic heterocycles. The van der Waals surface area contributed by atoms with Crippen LogP contribution in [-0.2, 0) is 4.79 Å². The Bertz CT molecular complexity index is 494. The second-order valence-electron chi connectivity index (χ2n) is 4.48. The lowest BCUT2D eigenvalue weighted by atomic mass is 10.1. The monoisotopic (exact) mass is 323 g/mol. The van der Waals surface area contributed by atoms with Crippen molar-refractivity contribution in [2.75, 3.05) is 18.0 Å². The fourth-order valence-electron chi connectivity index (χ4n) is 1.80. The molecule has 0 aliphatic heterocycles. The number of rotatable bonds is 5. The summed E-state index contributed by atoms with van der Waals surface area (Å²) in [5, 5.41) is 12.1. The average Bonchev–Trinajstić information content (AvgIpc) is 2.34. The number of carbonyl (C=O) groups is 1. The Morgan fingerprint density at radius 2 is 2.21 bits per heavy atom. The fourth-order valence-corrected chi connectivity index (χ4v) is 2.24. The van der Waals surface area contributed by atoms with Gasteiger partial charge >= 0.3 is 0 Å². The number of benzene rings is 1.